The van der Waals surface area contributed by atoms with Gasteiger partial charge in [-0.2, -0.15) is 0 Å². The molecule has 0 spiro atoms. The minimum atomic E-state index is -3.73. The van der Waals surface area contributed by atoms with Gasteiger partial charge in [0.25, 0.3) is 0 Å². The van der Waals surface area contributed by atoms with Crippen LogP contribution in [0.2, 0.25) is 0 Å². The lowest BCUT2D eigenvalue weighted by Crippen LogP contribution is -2.20. The molecule has 1 fully saturated rings. The Bertz CT molecular complexity index is 1120. The molecule has 0 saturated carbocycles. The number of imidazole rings is 1. The fraction of sp³-hybridized carbons (Fsp3) is 0.300. The van der Waals surface area contributed by atoms with Gasteiger partial charge < -0.3 is 14.4 Å². The largest absolute Gasteiger partial charge is 0.478 e. The number of fused-ring (bicyclic) bond motifs is 1. The molecule has 2 aromatic carbocycles. The zero-order chi connectivity index (χ0) is 19.7. The Morgan fingerprint density at radius 1 is 1.21 bits per heavy atom. The van der Waals surface area contributed by atoms with Crippen molar-refractivity contribution in [1.82, 2.24) is 9.55 Å². The van der Waals surface area contributed by atoms with Gasteiger partial charge in [0, 0.05) is 6.61 Å². The summed E-state index contributed by atoms with van der Waals surface area (Å²) in [5.74, 6) is -1.24. The molecule has 1 aromatic heterocycles. The summed E-state index contributed by atoms with van der Waals surface area (Å²) >= 11 is 0. The first-order valence-corrected chi connectivity index (χ1v) is 10.7. The van der Waals surface area contributed by atoms with Gasteiger partial charge >= 0.3 is 5.97 Å². The highest BCUT2D eigenvalue weighted by Crippen LogP contribution is 2.26. The van der Waals surface area contributed by atoms with Crippen molar-refractivity contribution >= 4 is 26.8 Å². The topological polar surface area (TPSA) is 98.5 Å². The van der Waals surface area contributed by atoms with Gasteiger partial charge in [0.05, 0.1) is 35.0 Å². The minimum absolute atomic E-state index is 0.0515. The summed E-state index contributed by atoms with van der Waals surface area (Å²) in [5.41, 5.74) is 1.70. The minimum Gasteiger partial charge on any atom is -0.478 e. The van der Waals surface area contributed by atoms with Crippen LogP contribution in [-0.4, -0.2) is 41.8 Å². The van der Waals surface area contributed by atoms with E-state index >= 15 is 0 Å². The van der Waals surface area contributed by atoms with Crippen LogP contribution in [0, 0.1) is 0 Å². The molecule has 1 aliphatic rings. The van der Waals surface area contributed by atoms with Gasteiger partial charge in [0.2, 0.25) is 15.0 Å². The van der Waals surface area contributed by atoms with Gasteiger partial charge in [0.15, 0.2) is 0 Å². The molecule has 7 nitrogen and oxygen atoms in total. The first kappa shape index (κ1) is 18.6. The van der Waals surface area contributed by atoms with E-state index in [0.717, 1.165) is 12.8 Å². The second kappa shape index (κ2) is 7.37. The Labute approximate surface area is 162 Å². The van der Waals surface area contributed by atoms with Crippen LogP contribution in [0.1, 0.15) is 28.8 Å². The standard InChI is InChI=1S/C20H20N2O5S/c23-19(24)15-8-9-17-18(11-15)22(12-16-7-4-10-27-16)20(21-17)28(25,26)13-14-5-2-1-3-6-14/h1-3,5-6,8-9,11,16H,4,7,10,12-13H2,(H,23,24). The van der Waals surface area contributed by atoms with Crippen LogP contribution in [0.15, 0.2) is 53.7 Å². The van der Waals surface area contributed by atoms with E-state index in [9.17, 15) is 18.3 Å². The number of sulfone groups is 1. The van der Waals surface area contributed by atoms with E-state index < -0.39 is 15.8 Å². The highest BCUT2D eigenvalue weighted by Gasteiger charge is 2.27. The molecular weight excluding hydrogens is 380 g/mol. The zero-order valence-electron chi connectivity index (χ0n) is 15.1. The molecule has 0 aliphatic carbocycles. The lowest BCUT2D eigenvalue weighted by molar-refractivity contribution is 0.0697. The number of carboxylic acids is 1. The number of carboxylic acid groups (broad SMARTS) is 1. The average molecular weight is 400 g/mol. The van der Waals surface area contributed by atoms with Gasteiger partial charge in [0.1, 0.15) is 0 Å². The molecule has 1 aliphatic heterocycles. The van der Waals surface area contributed by atoms with E-state index in [0.29, 0.717) is 29.7 Å². The van der Waals surface area contributed by atoms with E-state index in [1.807, 2.05) is 6.07 Å². The number of aromatic carboxylic acids is 1. The van der Waals surface area contributed by atoms with Crippen LogP contribution in [-0.2, 0) is 26.9 Å². The van der Waals surface area contributed by atoms with Crippen molar-refractivity contribution in [3.63, 3.8) is 0 Å². The third-order valence-corrected chi connectivity index (χ3v) is 6.43. The Balaban J connectivity index is 1.82. The first-order chi connectivity index (χ1) is 13.4. The van der Waals surface area contributed by atoms with Crippen molar-refractivity contribution in [2.75, 3.05) is 6.61 Å². The third kappa shape index (κ3) is 3.65. The lowest BCUT2D eigenvalue weighted by Gasteiger charge is -2.14. The third-order valence-electron chi connectivity index (χ3n) is 4.85. The van der Waals surface area contributed by atoms with Gasteiger partial charge in [-0.05, 0) is 36.6 Å². The summed E-state index contributed by atoms with van der Waals surface area (Å²) in [6, 6.07) is 13.4. The van der Waals surface area contributed by atoms with Crippen LogP contribution >= 0.6 is 0 Å². The zero-order valence-corrected chi connectivity index (χ0v) is 15.9. The van der Waals surface area contributed by atoms with E-state index in [2.05, 4.69) is 4.98 Å². The summed E-state index contributed by atoms with van der Waals surface area (Å²) in [4.78, 5) is 15.7. The average Bonchev–Trinajstić information content (AvgIpc) is 3.30. The molecule has 1 atom stereocenters. The first-order valence-electron chi connectivity index (χ1n) is 9.06. The van der Waals surface area contributed by atoms with Crippen molar-refractivity contribution in [3.05, 3.63) is 59.7 Å². The van der Waals surface area contributed by atoms with Gasteiger partial charge in [-0.25, -0.2) is 18.2 Å². The molecule has 2 heterocycles. The number of benzene rings is 2. The molecule has 0 bridgehead atoms. The predicted octanol–water partition coefficient (Wildman–Crippen LogP) is 2.89. The van der Waals surface area contributed by atoms with Gasteiger partial charge in [-0.3, -0.25) is 0 Å². The lowest BCUT2D eigenvalue weighted by atomic mass is 10.2. The van der Waals surface area contributed by atoms with E-state index in [1.54, 1.807) is 34.9 Å². The molecule has 1 unspecified atom stereocenters. The maximum Gasteiger partial charge on any atom is 0.335 e. The molecule has 28 heavy (non-hydrogen) atoms. The molecule has 1 N–H and O–H groups in total. The van der Waals surface area contributed by atoms with Crippen LogP contribution in [0.4, 0.5) is 0 Å². The fourth-order valence-electron chi connectivity index (χ4n) is 3.50. The van der Waals surface area contributed by atoms with Crippen LogP contribution in [0.5, 0.6) is 0 Å². The number of nitrogens with zero attached hydrogens (tertiary/aromatic N) is 2. The predicted molar refractivity (Wildman–Crippen MR) is 103 cm³/mol. The normalized spacial score (nSPS) is 17.2. The number of rotatable bonds is 6. The van der Waals surface area contributed by atoms with Crippen molar-refractivity contribution in [2.24, 2.45) is 0 Å². The highest BCUT2D eigenvalue weighted by molar-refractivity contribution is 7.90. The van der Waals surface area contributed by atoms with E-state index in [4.69, 9.17) is 4.74 Å². The molecule has 1 saturated heterocycles. The van der Waals surface area contributed by atoms with Crippen LogP contribution in [0.25, 0.3) is 11.0 Å². The van der Waals surface area contributed by atoms with Crippen LogP contribution < -0.4 is 0 Å². The molecule has 0 radical (unpaired) electrons. The number of ether oxygens (including phenoxy) is 1. The second-order valence-electron chi connectivity index (χ2n) is 6.89. The van der Waals surface area contributed by atoms with Crippen molar-refractivity contribution in [1.29, 1.82) is 0 Å². The molecule has 0 amide bonds. The molecule has 146 valence electrons. The Hall–Kier alpha value is -2.71. The summed E-state index contributed by atoms with van der Waals surface area (Å²) < 4.78 is 33.6. The van der Waals surface area contributed by atoms with E-state index in [1.165, 1.54) is 12.1 Å². The van der Waals surface area contributed by atoms with Crippen molar-refractivity contribution in [3.8, 4) is 0 Å². The number of hydrogen-bond donors (Lipinski definition) is 1. The molecule has 8 heteroatoms. The quantitative estimate of drug-likeness (QED) is 0.683. The number of aromatic nitrogens is 2. The van der Waals surface area contributed by atoms with Gasteiger partial charge in [-0.15, -0.1) is 0 Å². The van der Waals surface area contributed by atoms with Crippen molar-refractivity contribution in [2.45, 2.75) is 36.4 Å². The smallest absolute Gasteiger partial charge is 0.335 e. The summed E-state index contributed by atoms with van der Waals surface area (Å²) in [5, 5.41) is 9.26. The summed E-state index contributed by atoms with van der Waals surface area (Å²) in [7, 11) is -3.73. The summed E-state index contributed by atoms with van der Waals surface area (Å²) in [6.45, 7) is 0.965. The molecule has 4 rings (SSSR count). The number of carbonyl (C=O) groups is 1. The summed E-state index contributed by atoms with van der Waals surface area (Å²) in [6.07, 6.45) is 1.64. The Morgan fingerprint density at radius 2 is 2.00 bits per heavy atom. The van der Waals surface area contributed by atoms with Gasteiger partial charge in [-0.1, -0.05) is 30.3 Å². The molecule has 3 aromatic rings. The Morgan fingerprint density at radius 3 is 2.68 bits per heavy atom. The van der Waals surface area contributed by atoms with Crippen LogP contribution in [0.3, 0.4) is 0 Å². The maximum absolute atomic E-state index is 13.1. The maximum atomic E-state index is 13.1. The van der Waals surface area contributed by atoms with E-state index in [-0.39, 0.29) is 22.6 Å². The van der Waals surface area contributed by atoms with Crippen molar-refractivity contribution < 1.29 is 23.1 Å². The second-order valence-corrected chi connectivity index (χ2v) is 8.78. The fourth-order valence-corrected chi connectivity index (χ4v) is 5.00. The Kier molecular flexibility index (Phi) is 4.91. The number of hydrogen-bond acceptors (Lipinski definition) is 5. The highest BCUT2D eigenvalue weighted by atomic mass is 32.2. The SMILES string of the molecule is O=C(O)c1ccc2nc(S(=O)(=O)Cc3ccccc3)n(CC3CCCO3)c2c1. The molecular formula is C20H20N2O5S. The monoisotopic (exact) mass is 400 g/mol.